The van der Waals surface area contributed by atoms with Crippen LogP contribution in [-0.2, 0) is 11.8 Å². The largest absolute Gasteiger partial charge is 0.352 e. The zero-order valence-electron chi connectivity index (χ0n) is 13.7. The van der Waals surface area contributed by atoms with E-state index in [1.807, 2.05) is 17.9 Å². The first-order valence-electron chi connectivity index (χ1n) is 7.89. The van der Waals surface area contributed by atoms with Crippen molar-refractivity contribution in [2.24, 2.45) is 12.0 Å². The Labute approximate surface area is 153 Å². The van der Waals surface area contributed by atoms with Gasteiger partial charge in [0.25, 0.3) is 0 Å². The molecule has 1 aliphatic heterocycles. The summed E-state index contributed by atoms with van der Waals surface area (Å²) in [7, 11) is 3.70. The van der Waals surface area contributed by atoms with Gasteiger partial charge in [0.2, 0.25) is 5.91 Å². The van der Waals surface area contributed by atoms with E-state index in [-0.39, 0.29) is 36.4 Å². The van der Waals surface area contributed by atoms with Gasteiger partial charge in [-0.25, -0.2) is 0 Å². The average molecular weight is 432 g/mol. The topological polar surface area (TPSA) is 74.6 Å². The van der Waals surface area contributed by atoms with Crippen molar-refractivity contribution < 1.29 is 4.79 Å². The van der Waals surface area contributed by atoms with E-state index in [1.54, 1.807) is 7.05 Å². The van der Waals surface area contributed by atoms with E-state index in [1.165, 1.54) is 5.56 Å². The van der Waals surface area contributed by atoms with Crippen molar-refractivity contribution in [3.8, 4) is 0 Å². The quantitative estimate of drug-likeness (QED) is 0.417. The summed E-state index contributed by atoms with van der Waals surface area (Å²) in [5.74, 6) is 1.33. The zero-order chi connectivity index (χ0) is 15.5. The number of hydrogen-bond donors (Lipinski definition) is 2. The second-order valence-electron chi connectivity index (χ2n) is 6.12. The molecule has 128 valence electrons. The van der Waals surface area contributed by atoms with Crippen LogP contribution in [0.3, 0.4) is 0 Å². The molecule has 1 aromatic heterocycles. The fraction of sp³-hybridized carbons (Fsp3) is 0.667. The van der Waals surface area contributed by atoms with E-state index >= 15 is 0 Å². The van der Waals surface area contributed by atoms with Crippen molar-refractivity contribution in [1.29, 1.82) is 0 Å². The molecule has 7 nitrogen and oxygen atoms in total. The molecular weight excluding hydrogens is 407 g/mol. The molecule has 0 aromatic carbocycles. The van der Waals surface area contributed by atoms with Gasteiger partial charge in [0.1, 0.15) is 0 Å². The lowest BCUT2D eigenvalue weighted by atomic mass is 10.0. The predicted molar refractivity (Wildman–Crippen MR) is 100 cm³/mol. The minimum absolute atomic E-state index is 0. The maximum Gasteiger partial charge on any atom is 0.239 e. The maximum atomic E-state index is 11.8. The van der Waals surface area contributed by atoms with E-state index in [9.17, 15) is 4.79 Å². The smallest absolute Gasteiger partial charge is 0.239 e. The van der Waals surface area contributed by atoms with Crippen LogP contribution >= 0.6 is 24.0 Å². The van der Waals surface area contributed by atoms with Gasteiger partial charge in [-0.2, -0.15) is 5.10 Å². The number of amides is 1. The molecule has 1 amide bonds. The number of nitrogens with one attached hydrogen (secondary N) is 2. The highest BCUT2D eigenvalue weighted by Crippen LogP contribution is 2.26. The van der Waals surface area contributed by atoms with Gasteiger partial charge in [-0.15, -0.1) is 24.0 Å². The zero-order valence-corrected chi connectivity index (χ0v) is 16.0. The molecule has 1 aromatic rings. The first-order chi connectivity index (χ1) is 10.7. The normalized spacial score (nSPS) is 21.0. The van der Waals surface area contributed by atoms with Crippen LogP contribution in [0.5, 0.6) is 0 Å². The van der Waals surface area contributed by atoms with Gasteiger partial charge in [0.15, 0.2) is 5.96 Å². The summed E-state index contributed by atoms with van der Waals surface area (Å²) < 4.78 is 1.84. The van der Waals surface area contributed by atoms with Crippen LogP contribution in [-0.4, -0.2) is 59.3 Å². The molecule has 1 atom stereocenters. The highest BCUT2D eigenvalue weighted by atomic mass is 127. The third kappa shape index (κ3) is 4.82. The van der Waals surface area contributed by atoms with Crippen molar-refractivity contribution in [2.75, 3.05) is 26.7 Å². The maximum absolute atomic E-state index is 11.8. The Balaban J connectivity index is 0.00000192. The second-order valence-corrected chi connectivity index (χ2v) is 6.12. The summed E-state index contributed by atoms with van der Waals surface area (Å²) in [4.78, 5) is 18.3. The van der Waals surface area contributed by atoms with Crippen molar-refractivity contribution in [3.63, 3.8) is 0 Å². The fourth-order valence-electron chi connectivity index (χ4n) is 2.87. The number of carbonyl (C=O) groups excluding carboxylic acids is 1. The number of aromatic nitrogens is 2. The highest BCUT2D eigenvalue weighted by molar-refractivity contribution is 14.0. The Morgan fingerprint density at radius 1 is 1.43 bits per heavy atom. The van der Waals surface area contributed by atoms with Gasteiger partial charge < -0.3 is 15.5 Å². The third-order valence-corrected chi connectivity index (χ3v) is 4.25. The Bertz CT molecular complexity index is 568. The van der Waals surface area contributed by atoms with Crippen molar-refractivity contribution in [2.45, 2.75) is 31.2 Å². The van der Waals surface area contributed by atoms with Crippen LogP contribution in [0.2, 0.25) is 0 Å². The molecule has 0 spiro atoms. The molecule has 1 saturated carbocycles. The first-order valence-corrected chi connectivity index (χ1v) is 7.89. The summed E-state index contributed by atoms with van der Waals surface area (Å²) in [6.45, 7) is 2.15. The standard InChI is InChI=1S/C15H24N6O.HI/c1-16-15(17-8-14(22)19-13-3-4-13)21-6-5-11(10-21)12-7-18-20(2)9-12;/h7,9,11,13H,3-6,8,10H2,1-2H3,(H,16,17)(H,19,22);1H. The summed E-state index contributed by atoms with van der Waals surface area (Å²) in [6, 6.07) is 0.401. The van der Waals surface area contributed by atoms with E-state index in [4.69, 9.17) is 0 Å². The number of aryl methyl sites for hydroxylation is 1. The molecule has 3 rings (SSSR count). The van der Waals surface area contributed by atoms with Gasteiger partial charge >= 0.3 is 0 Å². The Hall–Kier alpha value is -1.32. The number of carbonyl (C=O) groups is 1. The summed E-state index contributed by atoms with van der Waals surface area (Å²) >= 11 is 0. The SMILES string of the molecule is CN=C(NCC(=O)NC1CC1)N1CCC(c2cnn(C)c2)C1.I. The summed E-state index contributed by atoms with van der Waals surface area (Å²) in [5.41, 5.74) is 1.27. The molecule has 0 bridgehead atoms. The number of nitrogens with zero attached hydrogens (tertiary/aromatic N) is 4. The molecule has 1 aliphatic carbocycles. The van der Waals surface area contributed by atoms with Gasteiger partial charge in [-0.05, 0) is 24.8 Å². The summed E-state index contributed by atoms with van der Waals surface area (Å²) in [6.07, 6.45) is 7.32. The Kier molecular flexibility index (Phi) is 6.25. The van der Waals surface area contributed by atoms with Crippen LogP contribution in [0.4, 0.5) is 0 Å². The lowest BCUT2D eigenvalue weighted by Gasteiger charge is -2.21. The lowest BCUT2D eigenvalue weighted by Crippen LogP contribution is -2.45. The molecule has 1 saturated heterocycles. The van der Waals surface area contributed by atoms with Gasteiger partial charge in [-0.3, -0.25) is 14.5 Å². The van der Waals surface area contributed by atoms with Gasteiger partial charge in [-0.1, -0.05) is 0 Å². The molecule has 23 heavy (non-hydrogen) atoms. The number of likely N-dealkylation sites (tertiary alicyclic amines) is 1. The van der Waals surface area contributed by atoms with Crippen molar-refractivity contribution in [3.05, 3.63) is 18.0 Å². The second kappa shape index (κ2) is 7.98. The van der Waals surface area contributed by atoms with Crippen LogP contribution in [0.25, 0.3) is 0 Å². The van der Waals surface area contributed by atoms with Crippen LogP contribution in [0.1, 0.15) is 30.7 Å². The number of aliphatic imine (C=N–C) groups is 1. The number of hydrogen-bond acceptors (Lipinski definition) is 3. The molecule has 0 radical (unpaired) electrons. The van der Waals surface area contributed by atoms with E-state index in [0.717, 1.165) is 38.3 Å². The highest BCUT2D eigenvalue weighted by Gasteiger charge is 2.27. The number of halogens is 1. The minimum atomic E-state index is 0. The van der Waals surface area contributed by atoms with Crippen LogP contribution in [0.15, 0.2) is 17.4 Å². The first kappa shape index (κ1) is 18.0. The Morgan fingerprint density at radius 2 is 2.22 bits per heavy atom. The van der Waals surface area contributed by atoms with E-state index in [2.05, 4.69) is 31.8 Å². The molecule has 2 aliphatic rings. The van der Waals surface area contributed by atoms with Crippen LogP contribution < -0.4 is 10.6 Å². The average Bonchev–Trinajstić information content (AvgIpc) is 3.00. The third-order valence-electron chi connectivity index (χ3n) is 4.25. The van der Waals surface area contributed by atoms with Crippen LogP contribution in [0, 0.1) is 0 Å². The molecule has 2 fully saturated rings. The van der Waals surface area contributed by atoms with Gasteiger partial charge in [0.05, 0.1) is 12.7 Å². The number of rotatable bonds is 4. The van der Waals surface area contributed by atoms with Gasteiger partial charge in [0, 0.05) is 45.3 Å². The monoisotopic (exact) mass is 432 g/mol. The molecule has 2 N–H and O–H groups in total. The van der Waals surface area contributed by atoms with E-state index in [0.29, 0.717) is 12.0 Å². The minimum Gasteiger partial charge on any atom is -0.352 e. The van der Waals surface area contributed by atoms with E-state index < -0.39 is 0 Å². The summed E-state index contributed by atoms with van der Waals surface area (Å²) in [5, 5.41) is 10.4. The van der Waals surface area contributed by atoms with Crippen molar-refractivity contribution >= 4 is 35.8 Å². The Morgan fingerprint density at radius 3 is 2.83 bits per heavy atom. The molecule has 2 heterocycles. The molecule has 1 unspecified atom stereocenters. The molecule has 8 heteroatoms. The fourth-order valence-corrected chi connectivity index (χ4v) is 2.87. The van der Waals surface area contributed by atoms with Crippen molar-refractivity contribution in [1.82, 2.24) is 25.3 Å². The lowest BCUT2D eigenvalue weighted by molar-refractivity contribution is -0.120. The predicted octanol–water partition coefficient (Wildman–Crippen LogP) is 0.681. The molecular formula is C15H25IN6O. The number of guanidine groups is 1.